The maximum Gasteiger partial charge on any atom is 0.258 e. The SMILES string of the molecule is CCCNC(=O)C(C)N(Cc1cccc(C)c1)C(=O)CCCN1C(=O)c2cccc3cccc1c23. The molecule has 6 nitrogen and oxygen atoms in total. The smallest absolute Gasteiger partial charge is 0.258 e. The summed E-state index contributed by atoms with van der Waals surface area (Å²) >= 11 is 0. The minimum Gasteiger partial charge on any atom is -0.354 e. The lowest BCUT2D eigenvalue weighted by atomic mass is 10.1. The molecule has 1 atom stereocenters. The van der Waals surface area contributed by atoms with E-state index in [1.54, 1.807) is 16.7 Å². The van der Waals surface area contributed by atoms with Gasteiger partial charge in [-0.3, -0.25) is 14.4 Å². The van der Waals surface area contributed by atoms with E-state index in [0.717, 1.165) is 34.0 Å². The second kappa shape index (κ2) is 10.7. The van der Waals surface area contributed by atoms with E-state index in [1.165, 1.54) is 0 Å². The monoisotopic (exact) mass is 471 g/mol. The molecule has 3 amide bonds. The molecule has 0 saturated heterocycles. The minimum absolute atomic E-state index is 0.0202. The number of anilines is 1. The van der Waals surface area contributed by atoms with Crippen LogP contribution in [0.25, 0.3) is 10.8 Å². The van der Waals surface area contributed by atoms with Crippen molar-refractivity contribution >= 4 is 34.2 Å². The van der Waals surface area contributed by atoms with Gasteiger partial charge in [0.2, 0.25) is 11.8 Å². The van der Waals surface area contributed by atoms with E-state index < -0.39 is 6.04 Å². The molecule has 182 valence electrons. The first-order valence-corrected chi connectivity index (χ1v) is 12.4. The fraction of sp³-hybridized carbons (Fsp3) is 0.345. The molecule has 0 radical (unpaired) electrons. The van der Waals surface area contributed by atoms with Crippen molar-refractivity contribution in [1.82, 2.24) is 10.2 Å². The third-order valence-electron chi connectivity index (χ3n) is 6.57. The molecule has 3 aromatic rings. The number of rotatable bonds is 10. The Kier molecular flexibility index (Phi) is 7.49. The van der Waals surface area contributed by atoms with Crippen LogP contribution < -0.4 is 10.2 Å². The van der Waals surface area contributed by atoms with Crippen LogP contribution >= 0.6 is 0 Å². The van der Waals surface area contributed by atoms with Crippen LogP contribution in [0, 0.1) is 6.92 Å². The van der Waals surface area contributed by atoms with Crippen molar-refractivity contribution in [2.24, 2.45) is 0 Å². The van der Waals surface area contributed by atoms with E-state index in [4.69, 9.17) is 0 Å². The van der Waals surface area contributed by atoms with Crippen LogP contribution in [-0.2, 0) is 16.1 Å². The normalized spacial score (nSPS) is 13.2. The number of aryl methyl sites for hydroxylation is 1. The zero-order chi connectivity index (χ0) is 24.9. The molecule has 1 N–H and O–H groups in total. The molecule has 1 heterocycles. The summed E-state index contributed by atoms with van der Waals surface area (Å²) in [5.74, 6) is -0.258. The largest absolute Gasteiger partial charge is 0.354 e. The molecule has 4 rings (SSSR count). The van der Waals surface area contributed by atoms with Gasteiger partial charge in [0.15, 0.2) is 0 Å². The lowest BCUT2D eigenvalue weighted by molar-refractivity contribution is -0.140. The van der Waals surface area contributed by atoms with Crippen molar-refractivity contribution in [3.8, 4) is 0 Å². The number of benzene rings is 3. The molecule has 0 aliphatic carbocycles. The van der Waals surface area contributed by atoms with Gasteiger partial charge in [-0.2, -0.15) is 0 Å². The summed E-state index contributed by atoms with van der Waals surface area (Å²) in [5.41, 5.74) is 3.72. The second-order valence-corrected chi connectivity index (χ2v) is 9.22. The highest BCUT2D eigenvalue weighted by molar-refractivity contribution is 6.25. The summed E-state index contributed by atoms with van der Waals surface area (Å²) in [6.07, 6.45) is 1.61. The Morgan fingerprint density at radius 1 is 1.06 bits per heavy atom. The molecular formula is C29H33N3O3. The highest BCUT2D eigenvalue weighted by Gasteiger charge is 2.30. The van der Waals surface area contributed by atoms with Crippen LogP contribution in [0.3, 0.4) is 0 Å². The van der Waals surface area contributed by atoms with E-state index in [1.807, 2.05) is 74.5 Å². The molecule has 1 unspecified atom stereocenters. The maximum absolute atomic E-state index is 13.4. The van der Waals surface area contributed by atoms with Crippen molar-refractivity contribution in [1.29, 1.82) is 0 Å². The molecule has 0 saturated carbocycles. The third-order valence-corrected chi connectivity index (χ3v) is 6.57. The van der Waals surface area contributed by atoms with Crippen LogP contribution in [0.15, 0.2) is 60.7 Å². The van der Waals surface area contributed by atoms with E-state index in [0.29, 0.717) is 31.6 Å². The highest BCUT2D eigenvalue weighted by atomic mass is 16.2. The van der Waals surface area contributed by atoms with E-state index >= 15 is 0 Å². The van der Waals surface area contributed by atoms with Crippen LogP contribution in [0.1, 0.15) is 54.6 Å². The van der Waals surface area contributed by atoms with Gasteiger partial charge in [-0.1, -0.05) is 61.0 Å². The summed E-state index contributed by atoms with van der Waals surface area (Å²) in [6.45, 7) is 7.19. The summed E-state index contributed by atoms with van der Waals surface area (Å²) in [5, 5.41) is 4.93. The summed E-state index contributed by atoms with van der Waals surface area (Å²) in [6, 6.07) is 19.1. The van der Waals surface area contributed by atoms with Crippen LogP contribution in [0.5, 0.6) is 0 Å². The average Bonchev–Trinajstić information content (AvgIpc) is 3.13. The topological polar surface area (TPSA) is 69.7 Å². The van der Waals surface area contributed by atoms with Gasteiger partial charge >= 0.3 is 0 Å². The van der Waals surface area contributed by atoms with Gasteiger partial charge in [0, 0.05) is 37.0 Å². The lowest BCUT2D eigenvalue weighted by Crippen LogP contribution is -2.47. The van der Waals surface area contributed by atoms with Crippen LogP contribution in [0.2, 0.25) is 0 Å². The van der Waals surface area contributed by atoms with Gasteiger partial charge in [-0.05, 0) is 49.8 Å². The maximum atomic E-state index is 13.4. The molecule has 0 aromatic heterocycles. The molecule has 35 heavy (non-hydrogen) atoms. The minimum atomic E-state index is -0.582. The predicted octanol–water partition coefficient (Wildman–Crippen LogP) is 4.83. The number of nitrogens with zero attached hydrogens (tertiary/aromatic N) is 2. The Morgan fingerprint density at radius 2 is 1.80 bits per heavy atom. The van der Waals surface area contributed by atoms with E-state index in [2.05, 4.69) is 5.32 Å². The van der Waals surface area contributed by atoms with Crippen molar-refractivity contribution in [2.45, 2.75) is 52.6 Å². The Morgan fingerprint density at radius 3 is 2.54 bits per heavy atom. The summed E-state index contributed by atoms with van der Waals surface area (Å²) in [7, 11) is 0. The van der Waals surface area contributed by atoms with Gasteiger partial charge < -0.3 is 15.1 Å². The van der Waals surface area contributed by atoms with Gasteiger partial charge in [-0.15, -0.1) is 0 Å². The first-order chi connectivity index (χ1) is 16.9. The fourth-order valence-electron chi connectivity index (χ4n) is 4.72. The van der Waals surface area contributed by atoms with Gasteiger partial charge in [0.1, 0.15) is 6.04 Å². The quantitative estimate of drug-likeness (QED) is 0.460. The van der Waals surface area contributed by atoms with Crippen LogP contribution in [0.4, 0.5) is 5.69 Å². The Hall–Kier alpha value is -3.67. The molecule has 1 aliphatic heterocycles. The second-order valence-electron chi connectivity index (χ2n) is 9.22. The predicted molar refractivity (Wildman–Crippen MR) is 139 cm³/mol. The zero-order valence-electron chi connectivity index (χ0n) is 20.7. The molecular weight excluding hydrogens is 438 g/mol. The molecule has 0 fully saturated rings. The Labute approximate surface area is 206 Å². The van der Waals surface area contributed by atoms with E-state index in [9.17, 15) is 14.4 Å². The van der Waals surface area contributed by atoms with Crippen LogP contribution in [-0.4, -0.2) is 41.8 Å². The van der Waals surface area contributed by atoms with Crippen molar-refractivity contribution in [3.05, 3.63) is 77.4 Å². The van der Waals surface area contributed by atoms with Crippen molar-refractivity contribution in [3.63, 3.8) is 0 Å². The number of hydrogen-bond acceptors (Lipinski definition) is 3. The Balaban J connectivity index is 1.45. The Bertz CT molecular complexity index is 1250. The van der Waals surface area contributed by atoms with Crippen molar-refractivity contribution < 1.29 is 14.4 Å². The molecule has 0 bridgehead atoms. The van der Waals surface area contributed by atoms with Gasteiger partial charge in [-0.25, -0.2) is 0 Å². The number of carbonyl (C=O) groups excluding carboxylic acids is 3. The van der Waals surface area contributed by atoms with E-state index in [-0.39, 0.29) is 24.1 Å². The first-order valence-electron chi connectivity index (χ1n) is 12.4. The molecule has 1 aliphatic rings. The summed E-state index contributed by atoms with van der Waals surface area (Å²) in [4.78, 5) is 42.5. The standard InChI is InChI=1S/C29H33N3O3/c1-4-16-30-28(34)21(3)32(19-22-10-5-9-20(2)18-22)26(33)15-8-17-31-25-14-7-12-23-11-6-13-24(27(23)25)29(31)35/h5-7,9-14,18,21H,4,8,15-17,19H2,1-3H3,(H,30,34). The third kappa shape index (κ3) is 5.21. The molecule has 0 spiro atoms. The number of carbonyl (C=O) groups is 3. The number of hydrogen-bond donors (Lipinski definition) is 1. The van der Waals surface area contributed by atoms with Gasteiger partial charge in [0.25, 0.3) is 5.91 Å². The molecule has 3 aromatic carbocycles. The fourth-order valence-corrected chi connectivity index (χ4v) is 4.72. The lowest BCUT2D eigenvalue weighted by Gasteiger charge is -2.29. The summed E-state index contributed by atoms with van der Waals surface area (Å²) < 4.78 is 0. The average molecular weight is 472 g/mol. The van der Waals surface area contributed by atoms with Crippen molar-refractivity contribution in [2.75, 3.05) is 18.0 Å². The molecule has 6 heteroatoms. The highest BCUT2D eigenvalue weighted by Crippen LogP contribution is 2.37. The number of nitrogens with one attached hydrogen (secondary N) is 1. The number of amides is 3. The van der Waals surface area contributed by atoms with Gasteiger partial charge in [0.05, 0.1) is 5.69 Å². The zero-order valence-corrected chi connectivity index (χ0v) is 20.7. The first kappa shape index (κ1) is 24.5.